The lowest BCUT2D eigenvalue weighted by molar-refractivity contribution is -0.384. The predicted molar refractivity (Wildman–Crippen MR) is 103 cm³/mol. The Bertz CT molecular complexity index is 813. The van der Waals surface area contributed by atoms with E-state index in [4.69, 9.17) is 4.74 Å². The molecule has 6 nitrogen and oxygen atoms in total. The second kappa shape index (κ2) is 7.19. The van der Waals surface area contributed by atoms with Gasteiger partial charge in [0.15, 0.2) is 0 Å². The number of nitro benzene ring substituents is 1. The molecule has 1 aromatic rings. The highest BCUT2D eigenvalue weighted by molar-refractivity contribution is 5.77. The molecule has 0 bridgehead atoms. The lowest BCUT2D eigenvalue weighted by atomic mass is 9.76. The first-order valence-corrected chi connectivity index (χ1v) is 9.81. The summed E-state index contributed by atoms with van der Waals surface area (Å²) in [7, 11) is 0. The molecule has 1 spiro atoms. The fourth-order valence-corrected chi connectivity index (χ4v) is 4.49. The Labute approximate surface area is 167 Å². The van der Waals surface area contributed by atoms with E-state index in [0.717, 1.165) is 39.1 Å². The maximum atomic E-state index is 13.1. The number of hydrogen-bond donors (Lipinski definition) is 0. The number of benzene rings is 1. The van der Waals surface area contributed by atoms with Crippen molar-refractivity contribution in [2.75, 3.05) is 44.3 Å². The van der Waals surface area contributed by atoms with Crippen LogP contribution in [0.2, 0.25) is 0 Å². The number of nitrogens with zero attached hydrogens (tertiary/aromatic N) is 3. The van der Waals surface area contributed by atoms with E-state index in [1.807, 2.05) is 0 Å². The zero-order valence-electron chi connectivity index (χ0n) is 16.1. The Hall–Kier alpha value is -2.29. The molecule has 0 radical (unpaired) electrons. The quantitative estimate of drug-likeness (QED) is 0.552. The number of alkyl halides is 3. The van der Waals surface area contributed by atoms with Crippen LogP contribution in [0.1, 0.15) is 24.8 Å². The highest BCUT2D eigenvalue weighted by atomic mass is 19.4. The molecule has 0 saturated carbocycles. The number of non-ortho nitro benzene ring substituents is 1. The summed E-state index contributed by atoms with van der Waals surface area (Å²) in [6.07, 6.45) is -2.31. The summed E-state index contributed by atoms with van der Waals surface area (Å²) >= 11 is 0. The van der Waals surface area contributed by atoms with E-state index in [1.54, 1.807) is 11.0 Å². The van der Waals surface area contributed by atoms with Gasteiger partial charge in [-0.3, -0.25) is 10.1 Å². The number of halogens is 3. The van der Waals surface area contributed by atoms with Gasteiger partial charge in [-0.2, -0.15) is 13.2 Å². The molecule has 29 heavy (non-hydrogen) atoms. The number of piperidine rings is 1. The maximum absolute atomic E-state index is 13.1. The lowest BCUT2D eigenvalue weighted by Gasteiger charge is -2.48. The normalized spacial score (nSPS) is 23.9. The van der Waals surface area contributed by atoms with Crippen molar-refractivity contribution >= 4 is 17.1 Å². The van der Waals surface area contributed by atoms with Gasteiger partial charge in [0.2, 0.25) is 0 Å². The first-order valence-electron chi connectivity index (χ1n) is 9.81. The first kappa shape index (κ1) is 20.0. The average molecular weight is 411 g/mol. The van der Waals surface area contributed by atoms with Gasteiger partial charge in [-0.1, -0.05) is 6.58 Å². The predicted octanol–water partition coefficient (Wildman–Crippen LogP) is 4.07. The van der Waals surface area contributed by atoms with Gasteiger partial charge in [-0.25, -0.2) is 0 Å². The third kappa shape index (κ3) is 3.80. The lowest BCUT2D eigenvalue weighted by Crippen LogP contribution is -2.50. The number of nitro groups is 1. The fourth-order valence-electron chi connectivity index (χ4n) is 4.49. The molecule has 0 amide bonds. The number of hydrogen-bond acceptors (Lipinski definition) is 5. The minimum Gasteiger partial charge on any atom is -0.380 e. The molecule has 3 saturated heterocycles. The molecular weight excluding hydrogens is 387 g/mol. The Kier molecular flexibility index (Phi) is 4.96. The summed E-state index contributed by atoms with van der Waals surface area (Å²) in [5.41, 5.74) is 1.96. The highest BCUT2D eigenvalue weighted by Crippen LogP contribution is 2.42. The van der Waals surface area contributed by atoms with Crippen LogP contribution in [0.25, 0.3) is 5.70 Å². The maximum Gasteiger partial charge on any atom is 0.393 e. The van der Waals surface area contributed by atoms with E-state index < -0.39 is 17.0 Å². The second-order valence-corrected chi connectivity index (χ2v) is 8.36. The van der Waals surface area contributed by atoms with Crippen LogP contribution >= 0.6 is 0 Å². The van der Waals surface area contributed by atoms with Crippen molar-refractivity contribution in [1.82, 2.24) is 4.90 Å². The summed E-state index contributed by atoms with van der Waals surface area (Å²) in [5.74, 6) is -1.42. The van der Waals surface area contributed by atoms with Crippen LogP contribution in [0.5, 0.6) is 0 Å². The zero-order valence-corrected chi connectivity index (χ0v) is 16.1. The van der Waals surface area contributed by atoms with Crippen molar-refractivity contribution in [1.29, 1.82) is 0 Å². The molecular formula is C20H24F3N3O3. The van der Waals surface area contributed by atoms with E-state index in [1.165, 1.54) is 12.1 Å². The van der Waals surface area contributed by atoms with E-state index in [-0.39, 0.29) is 30.6 Å². The monoisotopic (exact) mass is 411 g/mol. The van der Waals surface area contributed by atoms with Crippen LogP contribution in [0.4, 0.5) is 24.5 Å². The average Bonchev–Trinajstić information content (AvgIpc) is 3.16. The van der Waals surface area contributed by atoms with Crippen molar-refractivity contribution < 1.29 is 22.8 Å². The van der Waals surface area contributed by atoms with Crippen LogP contribution in [0.15, 0.2) is 24.8 Å². The van der Waals surface area contributed by atoms with Crippen molar-refractivity contribution in [2.45, 2.75) is 25.4 Å². The Morgan fingerprint density at radius 2 is 1.93 bits per heavy atom. The molecule has 158 valence electrons. The Morgan fingerprint density at radius 1 is 1.24 bits per heavy atom. The van der Waals surface area contributed by atoms with Crippen LogP contribution in [0.3, 0.4) is 0 Å². The summed E-state index contributed by atoms with van der Waals surface area (Å²) in [6.45, 7) is 7.37. The van der Waals surface area contributed by atoms with Crippen molar-refractivity contribution in [3.63, 3.8) is 0 Å². The van der Waals surface area contributed by atoms with Gasteiger partial charge in [0.05, 0.1) is 29.7 Å². The summed E-state index contributed by atoms with van der Waals surface area (Å²) in [5, 5.41) is 11.2. The SMILES string of the molecule is C=C(c1ccc([N+](=O)[O-])cc1N1CCC(C(F)(F)F)C1)N1CCC2(CC1)COC2. The van der Waals surface area contributed by atoms with Gasteiger partial charge in [0.1, 0.15) is 0 Å². The van der Waals surface area contributed by atoms with Gasteiger partial charge in [-0.15, -0.1) is 0 Å². The summed E-state index contributed by atoms with van der Waals surface area (Å²) < 4.78 is 44.8. The van der Waals surface area contributed by atoms with Crippen LogP contribution < -0.4 is 4.90 Å². The highest BCUT2D eigenvalue weighted by Gasteiger charge is 2.44. The molecule has 3 aliphatic rings. The van der Waals surface area contributed by atoms with E-state index in [0.29, 0.717) is 16.9 Å². The van der Waals surface area contributed by atoms with Crippen LogP contribution in [0, 0.1) is 21.4 Å². The van der Waals surface area contributed by atoms with E-state index >= 15 is 0 Å². The first-order chi connectivity index (χ1) is 13.7. The van der Waals surface area contributed by atoms with Crippen molar-refractivity contribution in [2.24, 2.45) is 11.3 Å². The fraction of sp³-hybridized carbons (Fsp3) is 0.600. The molecule has 0 aliphatic carbocycles. The summed E-state index contributed by atoms with van der Waals surface area (Å²) in [6, 6.07) is 4.39. The third-order valence-corrected chi connectivity index (χ3v) is 6.52. The molecule has 1 unspecified atom stereocenters. The topological polar surface area (TPSA) is 58.9 Å². The molecule has 3 fully saturated rings. The van der Waals surface area contributed by atoms with Crippen LogP contribution in [-0.2, 0) is 4.74 Å². The second-order valence-electron chi connectivity index (χ2n) is 8.36. The molecule has 0 N–H and O–H groups in total. The minimum atomic E-state index is -4.27. The molecule has 9 heteroatoms. The Morgan fingerprint density at radius 3 is 2.45 bits per heavy atom. The van der Waals surface area contributed by atoms with Crippen molar-refractivity contribution in [3.05, 3.63) is 40.5 Å². The molecule has 4 rings (SSSR count). The smallest absolute Gasteiger partial charge is 0.380 e. The standard InChI is InChI=1S/C20H24F3N3O3/c1-14(24-8-5-19(6-9-24)12-29-13-19)17-3-2-16(26(27)28)10-18(17)25-7-4-15(11-25)20(21,22)23/h2-3,10,15H,1,4-9,11-13H2. The van der Waals surface area contributed by atoms with Gasteiger partial charge in [-0.05, 0) is 25.3 Å². The van der Waals surface area contributed by atoms with Gasteiger partial charge < -0.3 is 14.5 Å². The minimum absolute atomic E-state index is 0.00958. The number of anilines is 1. The number of likely N-dealkylation sites (tertiary alicyclic amines) is 1. The van der Waals surface area contributed by atoms with E-state index in [2.05, 4.69) is 11.5 Å². The largest absolute Gasteiger partial charge is 0.393 e. The van der Waals surface area contributed by atoms with Gasteiger partial charge in [0.25, 0.3) is 5.69 Å². The van der Waals surface area contributed by atoms with Crippen LogP contribution in [-0.4, -0.2) is 55.4 Å². The molecule has 1 atom stereocenters. The molecule has 3 heterocycles. The summed E-state index contributed by atoms with van der Waals surface area (Å²) in [4.78, 5) is 14.5. The van der Waals surface area contributed by atoms with Crippen molar-refractivity contribution in [3.8, 4) is 0 Å². The van der Waals surface area contributed by atoms with Gasteiger partial charge >= 0.3 is 6.18 Å². The molecule has 3 aliphatic heterocycles. The third-order valence-electron chi connectivity index (χ3n) is 6.52. The number of ether oxygens (including phenoxy) is 1. The number of rotatable bonds is 4. The molecule has 1 aromatic carbocycles. The molecule has 0 aromatic heterocycles. The Balaban J connectivity index is 1.58. The van der Waals surface area contributed by atoms with Gasteiger partial charge in [0, 0.05) is 55.0 Å². The zero-order chi connectivity index (χ0) is 20.8. The van der Waals surface area contributed by atoms with E-state index in [9.17, 15) is 23.3 Å².